The van der Waals surface area contributed by atoms with Gasteiger partial charge in [0.15, 0.2) is 0 Å². The zero-order chi connectivity index (χ0) is 11.8. The molecule has 0 fully saturated rings. The fourth-order valence-electron chi connectivity index (χ4n) is 1.35. The second kappa shape index (κ2) is 7.76. The van der Waals surface area contributed by atoms with Crippen molar-refractivity contribution in [1.82, 2.24) is 10.3 Å². The molecule has 0 unspecified atom stereocenters. The van der Waals surface area contributed by atoms with Gasteiger partial charge in [0.1, 0.15) is 0 Å². The van der Waals surface area contributed by atoms with Crippen LogP contribution in [0.4, 0.5) is 0 Å². The molecule has 16 heavy (non-hydrogen) atoms. The van der Waals surface area contributed by atoms with Crippen LogP contribution in [0.25, 0.3) is 0 Å². The van der Waals surface area contributed by atoms with E-state index >= 15 is 0 Å². The highest BCUT2D eigenvalue weighted by Gasteiger charge is 1.98. The highest BCUT2D eigenvalue weighted by Crippen LogP contribution is 2.08. The number of aryl methyl sites for hydroxylation is 1. The van der Waals surface area contributed by atoms with Crippen LogP contribution in [-0.4, -0.2) is 30.8 Å². The summed E-state index contributed by atoms with van der Waals surface area (Å²) in [4.78, 5) is 4.42. The van der Waals surface area contributed by atoms with Gasteiger partial charge in [-0.25, -0.2) is 4.98 Å². The van der Waals surface area contributed by atoms with Crippen molar-refractivity contribution >= 4 is 11.3 Å². The Hall–Kier alpha value is -0.450. The SMILES string of the molecule is Cc1csc(CCNCCCOC(C)C)n1. The van der Waals surface area contributed by atoms with Crippen molar-refractivity contribution in [3.05, 3.63) is 16.1 Å². The Bertz CT molecular complexity index is 286. The van der Waals surface area contributed by atoms with Crippen LogP contribution in [0, 0.1) is 6.92 Å². The Morgan fingerprint density at radius 1 is 1.44 bits per heavy atom. The van der Waals surface area contributed by atoms with E-state index in [1.165, 1.54) is 5.01 Å². The van der Waals surface area contributed by atoms with Crippen LogP contribution in [0.5, 0.6) is 0 Å². The van der Waals surface area contributed by atoms with Crippen molar-refractivity contribution in [2.24, 2.45) is 0 Å². The molecule has 0 spiro atoms. The molecule has 0 radical (unpaired) electrons. The second-order valence-corrected chi connectivity index (χ2v) is 5.10. The van der Waals surface area contributed by atoms with E-state index in [0.717, 1.165) is 38.2 Å². The van der Waals surface area contributed by atoms with Crippen LogP contribution in [0.1, 0.15) is 31.0 Å². The molecule has 0 aliphatic heterocycles. The summed E-state index contributed by atoms with van der Waals surface area (Å²) in [5, 5.41) is 6.73. The lowest BCUT2D eigenvalue weighted by Crippen LogP contribution is -2.20. The van der Waals surface area contributed by atoms with Gasteiger partial charge in [0, 0.05) is 30.6 Å². The lowest BCUT2D eigenvalue weighted by atomic mass is 10.4. The molecular weight excluding hydrogens is 220 g/mol. The largest absolute Gasteiger partial charge is 0.379 e. The summed E-state index contributed by atoms with van der Waals surface area (Å²) in [6.07, 6.45) is 2.46. The molecule has 1 heterocycles. The first-order chi connectivity index (χ1) is 7.68. The van der Waals surface area contributed by atoms with Crippen LogP contribution < -0.4 is 5.32 Å². The minimum absolute atomic E-state index is 0.346. The molecule has 1 aromatic rings. The lowest BCUT2D eigenvalue weighted by Gasteiger charge is -2.07. The standard InChI is InChI=1S/C12H22N2OS/c1-10(2)15-8-4-6-13-7-5-12-14-11(3)9-16-12/h9-10,13H,4-8H2,1-3H3. The van der Waals surface area contributed by atoms with Gasteiger partial charge >= 0.3 is 0 Å². The number of aromatic nitrogens is 1. The summed E-state index contributed by atoms with van der Waals surface area (Å²) < 4.78 is 5.46. The van der Waals surface area contributed by atoms with E-state index in [0.29, 0.717) is 6.10 Å². The molecule has 4 heteroatoms. The van der Waals surface area contributed by atoms with Gasteiger partial charge in [-0.15, -0.1) is 11.3 Å². The smallest absolute Gasteiger partial charge is 0.0940 e. The van der Waals surface area contributed by atoms with E-state index in [-0.39, 0.29) is 0 Å². The van der Waals surface area contributed by atoms with E-state index in [1.54, 1.807) is 11.3 Å². The number of rotatable bonds is 8. The maximum absolute atomic E-state index is 5.46. The van der Waals surface area contributed by atoms with Gasteiger partial charge in [-0.2, -0.15) is 0 Å². The first-order valence-corrected chi connectivity index (χ1v) is 6.80. The molecule has 1 aromatic heterocycles. The first-order valence-electron chi connectivity index (χ1n) is 5.92. The maximum Gasteiger partial charge on any atom is 0.0940 e. The zero-order valence-electron chi connectivity index (χ0n) is 10.5. The van der Waals surface area contributed by atoms with Gasteiger partial charge in [0.25, 0.3) is 0 Å². The summed E-state index contributed by atoms with van der Waals surface area (Å²) in [7, 11) is 0. The lowest BCUT2D eigenvalue weighted by molar-refractivity contribution is 0.0771. The Labute approximate surface area is 102 Å². The van der Waals surface area contributed by atoms with Crippen molar-refractivity contribution in [2.45, 2.75) is 39.7 Å². The normalized spacial score (nSPS) is 11.2. The van der Waals surface area contributed by atoms with Crippen LogP contribution in [0.15, 0.2) is 5.38 Å². The van der Waals surface area contributed by atoms with Gasteiger partial charge < -0.3 is 10.1 Å². The summed E-state index contributed by atoms with van der Waals surface area (Å²) in [5.41, 5.74) is 1.13. The summed E-state index contributed by atoms with van der Waals surface area (Å²) in [6.45, 7) is 9.06. The molecule has 0 saturated heterocycles. The molecule has 0 bridgehead atoms. The number of thiazole rings is 1. The fraction of sp³-hybridized carbons (Fsp3) is 0.750. The van der Waals surface area contributed by atoms with E-state index in [4.69, 9.17) is 4.74 Å². The Kier molecular flexibility index (Phi) is 6.61. The van der Waals surface area contributed by atoms with Gasteiger partial charge in [-0.05, 0) is 33.7 Å². The second-order valence-electron chi connectivity index (χ2n) is 4.16. The molecule has 0 saturated carbocycles. The third-order valence-electron chi connectivity index (χ3n) is 2.13. The van der Waals surface area contributed by atoms with Crippen molar-refractivity contribution in [2.75, 3.05) is 19.7 Å². The third-order valence-corrected chi connectivity index (χ3v) is 3.16. The van der Waals surface area contributed by atoms with Gasteiger partial charge in [-0.1, -0.05) is 0 Å². The molecule has 3 nitrogen and oxygen atoms in total. The molecular formula is C12H22N2OS. The average molecular weight is 242 g/mol. The summed E-state index contributed by atoms with van der Waals surface area (Å²) >= 11 is 1.75. The number of ether oxygens (including phenoxy) is 1. The molecule has 92 valence electrons. The monoisotopic (exact) mass is 242 g/mol. The van der Waals surface area contributed by atoms with Crippen molar-refractivity contribution in [3.63, 3.8) is 0 Å². The summed E-state index contributed by atoms with van der Waals surface area (Å²) in [5.74, 6) is 0. The predicted octanol–water partition coefficient (Wildman–Crippen LogP) is 2.40. The highest BCUT2D eigenvalue weighted by atomic mass is 32.1. The molecule has 0 aromatic carbocycles. The van der Waals surface area contributed by atoms with Crippen LogP contribution in [-0.2, 0) is 11.2 Å². The Balaban J connectivity index is 1.92. The number of nitrogens with zero attached hydrogens (tertiary/aromatic N) is 1. The van der Waals surface area contributed by atoms with E-state index in [2.05, 4.69) is 29.5 Å². The number of hydrogen-bond donors (Lipinski definition) is 1. The first kappa shape index (κ1) is 13.6. The van der Waals surface area contributed by atoms with Crippen molar-refractivity contribution < 1.29 is 4.74 Å². The molecule has 0 aliphatic carbocycles. The van der Waals surface area contributed by atoms with Crippen LogP contribution >= 0.6 is 11.3 Å². The van der Waals surface area contributed by atoms with E-state index < -0.39 is 0 Å². The zero-order valence-corrected chi connectivity index (χ0v) is 11.3. The fourth-order valence-corrected chi connectivity index (χ4v) is 2.13. The van der Waals surface area contributed by atoms with Gasteiger partial charge in [-0.3, -0.25) is 0 Å². The number of hydrogen-bond acceptors (Lipinski definition) is 4. The van der Waals surface area contributed by atoms with Crippen molar-refractivity contribution in [1.29, 1.82) is 0 Å². The van der Waals surface area contributed by atoms with E-state index in [1.807, 2.05) is 6.92 Å². The Morgan fingerprint density at radius 2 is 2.25 bits per heavy atom. The van der Waals surface area contributed by atoms with Crippen molar-refractivity contribution in [3.8, 4) is 0 Å². The quantitative estimate of drug-likeness (QED) is 0.711. The van der Waals surface area contributed by atoms with Crippen LogP contribution in [0.2, 0.25) is 0 Å². The predicted molar refractivity (Wildman–Crippen MR) is 69.1 cm³/mol. The van der Waals surface area contributed by atoms with E-state index in [9.17, 15) is 0 Å². The van der Waals surface area contributed by atoms with Crippen LogP contribution in [0.3, 0.4) is 0 Å². The topological polar surface area (TPSA) is 34.1 Å². The minimum atomic E-state index is 0.346. The van der Waals surface area contributed by atoms with Gasteiger partial charge in [0.2, 0.25) is 0 Å². The maximum atomic E-state index is 5.46. The Morgan fingerprint density at radius 3 is 2.88 bits per heavy atom. The molecule has 1 rings (SSSR count). The molecule has 0 atom stereocenters. The molecule has 0 aliphatic rings. The average Bonchev–Trinajstić information content (AvgIpc) is 2.62. The van der Waals surface area contributed by atoms with Gasteiger partial charge in [0.05, 0.1) is 11.1 Å². The molecule has 1 N–H and O–H groups in total. The summed E-state index contributed by atoms with van der Waals surface area (Å²) in [6, 6.07) is 0. The highest BCUT2D eigenvalue weighted by molar-refractivity contribution is 7.09. The molecule has 0 amide bonds. The third kappa shape index (κ3) is 6.20. The minimum Gasteiger partial charge on any atom is -0.379 e. The number of nitrogens with one attached hydrogen (secondary N) is 1.